The number of nitrogens with one attached hydrogen (secondary N) is 1. The van der Waals surface area contributed by atoms with Crippen LogP contribution in [-0.2, 0) is 9.59 Å². The van der Waals surface area contributed by atoms with Crippen LogP contribution in [0.25, 0.3) is 0 Å². The molecule has 0 saturated heterocycles. The lowest BCUT2D eigenvalue weighted by Crippen LogP contribution is -2.49. The minimum atomic E-state index is -1.10. The Labute approximate surface area is 99.7 Å². The van der Waals surface area contributed by atoms with Gasteiger partial charge in [0.05, 0.1) is 0 Å². The zero-order chi connectivity index (χ0) is 12.9. The first-order valence-electron chi connectivity index (χ1n) is 5.26. The highest BCUT2D eigenvalue weighted by Crippen LogP contribution is 2.20. The predicted molar refractivity (Wildman–Crippen MR) is 64.2 cm³/mol. The molecule has 0 aliphatic heterocycles. The highest BCUT2D eigenvalue weighted by molar-refractivity contribution is 5.90. The van der Waals surface area contributed by atoms with E-state index in [4.69, 9.17) is 10.8 Å². The van der Waals surface area contributed by atoms with Crippen molar-refractivity contribution in [1.82, 2.24) is 5.32 Å². The Bertz CT molecular complexity index is 387. The summed E-state index contributed by atoms with van der Waals surface area (Å²) in [6.07, 6.45) is 8.98. The highest BCUT2D eigenvalue weighted by Gasteiger charge is 2.30. The van der Waals surface area contributed by atoms with E-state index in [1.807, 2.05) is 12.2 Å². The van der Waals surface area contributed by atoms with Gasteiger partial charge in [-0.3, -0.25) is 4.79 Å². The van der Waals surface area contributed by atoms with Crippen molar-refractivity contribution >= 4 is 11.9 Å². The minimum Gasteiger partial charge on any atom is -0.480 e. The van der Waals surface area contributed by atoms with Gasteiger partial charge in [-0.25, -0.2) is 4.79 Å². The molecule has 0 spiro atoms. The number of allylic oxidation sites excluding steroid dienone is 2. The fraction of sp³-hybridized carbons (Fsp3) is 0.333. The van der Waals surface area contributed by atoms with Gasteiger partial charge < -0.3 is 16.2 Å². The number of hydrogen-bond donors (Lipinski definition) is 3. The molecule has 0 aromatic heterocycles. The molecule has 0 fully saturated rings. The number of amides is 1. The molecule has 0 heterocycles. The first-order valence-corrected chi connectivity index (χ1v) is 5.26. The third-order valence-electron chi connectivity index (χ3n) is 2.56. The maximum atomic E-state index is 11.1. The second kappa shape index (κ2) is 5.45. The molecule has 1 rings (SSSR count). The lowest BCUT2D eigenvalue weighted by molar-refractivity contribution is -0.141. The van der Waals surface area contributed by atoms with E-state index in [9.17, 15) is 9.59 Å². The SMILES string of the molecule is C=CC(=O)N[C@@H](CC1(N)C=CC=CC1)C(=O)O. The second-order valence-corrected chi connectivity index (χ2v) is 4.03. The van der Waals surface area contributed by atoms with Crippen LogP contribution in [0.15, 0.2) is 37.0 Å². The normalized spacial score (nSPS) is 24.1. The molecule has 17 heavy (non-hydrogen) atoms. The fourth-order valence-electron chi connectivity index (χ4n) is 1.64. The zero-order valence-electron chi connectivity index (χ0n) is 9.43. The molecule has 1 aliphatic rings. The molecule has 0 bridgehead atoms. The standard InChI is InChI=1S/C12H16N2O3/c1-2-10(15)14-9(11(16)17)8-12(13)6-4-3-5-7-12/h2-6,9H,1,7-8,13H2,(H,14,15)(H,16,17)/t9-,12?/m0/s1. The van der Waals surface area contributed by atoms with E-state index in [0.717, 1.165) is 6.08 Å². The van der Waals surface area contributed by atoms with Crippen LogP contribution in [0.3, 0.4) is 0 Å². The maximum Gasteiger partial charge on any atom is 0.326 e. The second-order valence-electron chi connectivity index (χ2n) is 4.03. The van der Waals surface area contributed by atoms with Gasteiger partial charge in [-0.2, -0.15) is 0 Å². The van der Waals surface area contributed by atoms with Crippen molar-refractivity contribution in [1.29, 1.82) is 0 Å². The van der Waals surface area contributed by atoms with Gasteiger partial charge in [0.2, 0.25) is 5.91 Å². The molecule has 1 amide bonds. The van der Waals surface area contributed by atoms with Gasteiger partial charge in [0.15, 0.2) is 0 Å². The zero-order valence-corrected chi connectivity index (χ0v) is 9.43. The lowest BCUT2D eigenvalue weighted by Gasteiger charge is -2.29. The van der Waals surface area contributed by atoms with E-state index in [-0.39, 0.29) is 6.42 Å². The van der Waals surface area contributed by atoms with Gasteiger partial charge >= 0.3 is 5.97 Å². The molecule has 0 aromatic carbocycles. The number of nitrogens with two attached hydrogens (primary N) is 1. The van der Waals surface area contributed by atoms with Crippen LogP contribution in [0.4, 0.5) is 0 Å². The van der Waals surface area contributed by atoms with Gasteiger partial charge in [0, 0.05) is 12.0 Å². The Hall–Kier alpha value is -1.88. The maximum absolute atomic E-state index is 11.1. The van der Waals surface area contributed by atoms with Gasteiger partial charge in [0.25, 0.3) is 0 Å². The summed E-state index contributed by atoms with van der Waals surface area (Å²) in [4.78, 5) is 22.1. The highest BCUT2D eigenvalue weighted by atomic mass is 16.4. The third kappa shape index (κ3) is 3.88. The van der Waals surface area contributed by atoms with Crippen LogP contribution in [-0.4, -0.2) is 28.6 Å². The summed E-state index contributed by atoms with van der Waals surface area (Å²) in [6, 6.07) is -1.01. The van der Waals surface area contributed by atoms with E-state index in [1.54, 1.807) is 12.2 Å². The number of carbonyl (C=O) groups excluding carboxylic acids is 1. The Morgan fingerprint density at radius 1 is 1.59 bits per heavy atom. The van der Waals surface area contributed by atoms with Gasteiger partial charge in [-0.15, -0.1) is 0 Å². The Morgan fingerprint density at radius 3 is 2.76 bits per heavy atom. The molecule has 1 unspecified atom stereocenters. The number of carbonyl (C=O) groups is 2. The van der Waals surface area contributed by atoms with Crippen molar-refractivity contribution in [2.24, 2.45) is 5.73 Å². The Kier molecular flexibility index (Phi) is 4.23. The first kappa shape index (κ1) is 13.2. The van der Waals surface area contributed by atoms with Gasteiger partial charge in [-0.05, 0) is 12.5 Å². The van der Waals surface area contributed by atoms with Crippen LogP contribution in [0.5, 0.6) is 0 Å². The van der Waals surface area contributed by atoms with Crippen LogP contribution in [0.2, 0.25) is 0 Å². The Balaban J connectivity index is 2.70. The predicted octanol–water partition coefficient (Wildman–Crippen LogP) is 0.345. The number of carboxylic acid groups (broad SMARTS) is 1. The van der Waals surface area contributed by atoms with Crippen molar-refractivity contribution in [3.63, 3.8) is 0 Å². The molecular weight excluding hydrogens is 220 g/mol. The molecule has 0 radical (unpaired) electrons. The first-order chi connectivity index (χ1) is 7.97. The van der Waals surface area contributed by atoms with E-state index < -0.39 is 23.5 Å². The molecule has 4 N–H and O–H groups in total. The molecule has 92 valence electrons. The van der Waals surface area contributed by atoms with Crippen molar-refractivity contribution in [3.05, 3.63) is 37.0 Å². The molecule has 5 heteroatoms. The van der Waals surface area contributed by atoms with E-state index in [1.165, 1.54) is 0 Å². The monoisotopic (exact) mass is 236 g/mol. The number of hydrogen-bond acceptors (Lipinski definition) is 3. The molecule has 0 aromatic rings. The average Bonchev–Trinajstić information content (AvgIpc) is 2.28. The average molecular weight is 236 g/mol. The van der Waals surface area contributed by atoms with Crippen molar-refractivity contribution < 1.29 is 14.7 Å². The number of aliphatic carboxylic acids is 1. The van der Waals surface area contributed by atoms with Crippen molar-refractivity contribution in [2.75, 3.05) is 0 Å². The van der Waals surface area contributed by atoms with E-state index >= 15 is 0 Å². The largest absolute Gasteiger partial charge is 0.480 e. The fourth-order valence-corrected chi connectivity index (χ4v) is 1.64. The number of rotatable bonds is 5. The summed E-state index contributed by atoms with van der Waals surface area (Å²) in [5, 5.41) is 11.4. The topological polar surface area (TPSA) is 92.4 Å². The van der Waals surface area contributed by atoms with Crippen molar-refractivity contribution in [2.45, 2.75) is 24.4 Å². The lowest BCUT2D eigenvalue weighted by atomic mass is 9.86. The summed E-state index contributed by atoms with van der Waals surface area (Å²) in [5.41, 5.74) is 5.31. The van der Waals surface area contributed by atoms with E-state index in [0.29, 0.717) is 6.42 Å². The smallest absolute Gasteiger partial charge is 0.326 e. The third-order valence-corrected chi connectivity index (χ3v) is 2.56. The van der Waals surface area contributed by atoms with Crippen LogP contribution < -0.4 is 11.1 Å². The molecule has 2 atom stereocenters. The molecule has 1 aliphatic carbocycles. The molecule has 5 nitrogen and oxygen atoms in total. The quantitative estimate of drug-likeness (QED) is 0.600. The van der Waals surface area contributed by atoms with Crippen LogP contribution in [0.1, 0.15) is 12.8 Å². The minimum absolute atomic E-state index is 0.142. The van der Waals surface area contributed by atoms with Gasteiger partial charge in [-0.1, -0.05) is 30.9 Å². The van der Waals surface area contributed by atoms with Crippen LogP contribution >= 0.6 is 0 Å². The number of carboxylic acids is 1. The molecule has 0 saturated carbocycles. The van der Waals surface area contributed by atoms with Gasteiger partial charge in [0.1, 0.15) is 6.04 Å². The van der Waals surface area contributed by atoms with Crippen molar-refractivity contribution in [3.8, 4) is 0 Å². The summed E-state index contributed by atoms with van der Waals surface area (Å²) in [5.74, 6) is -1.62. The molecular formula is C12H16N2O3. The summed E-state index contributed by atoms with van der Waals surface area (Å²) >= 11 is 0. The summed E-state index contributed by atoms with van der Waals surface area (Å²) < 4.78 is 0. The van der Waals surface area contributed by atoms with E-state index in [2.05, 4.69) is 11.9 Å². The Morgan fingerprint density at radius 2 is 2.29 bits per heavy atom. The summed E-state index contributed by atoms with van der Waals surface area (Å²) in [7, 11) is 0. The summed E-state index contributed by atoms with van der Waals surface area (Å²) in [6.45, 7) is 3.28. The van der Waals surface area contributed by atoms with Crippen LogP contribution in [0, 0.1) is 0 Å².